The predicted octanol–water partition coefficient (Wildman–Crippen LogP) is 1.95. The Kier molecular flexibility index (Phi) is 4.07. The summed E-state index contributed by atoms with van der Waals surface area (Å²) >= 11 is 0. The third-order valence-corrected chi connectivity index (χ3v) is 1.98. The van der Waals surface area contributed by atoms with Crippen LogP contribution in [-0.4, -0.2) is 19.6 Å². The Morgan fingerprint density at radius 3 is 2.69 bits per heavy atom. The standard InChI is InChI=1S/C10H12FN2O3/c1-3-16-10(14)6-4-9(13-15)8(12-2)5-7(6)11/h4-5,12-13H,3H2,1-2H3/q-1. The van der Waals surface area contributed by atoms with Gasteiger partial charge >= 0.3 is 5.97 Å². The van der Waals surface area contributed by atoms with Gasteiger partial charge in [0.2, 0.25) is 0 Å². The van der Waals surface area contributed by atoms with Crippen molar-refractivity contribution in [1.82, 2.24) is 0 Å². The maximum Gasteiger partial charge on any atom is 0.341 e. The van der Waals surface area contributed by atoms with Gasteiger partial charge in [0.05, 0.1) is 17.9 Å². The normalized spacial score (nSPS) is 9.75. The predicted molar refractivity (Wildman–Crippen MR) is 58.9 cm³/mol. The molecule has 0 saturated carbocycles. The molecule has 0 heterocycles. The van der Waals surface area contributed by atoms with Crippen LogP contribution in [0.2, 0.25) is 0 Å². The number of rotatable bonds is 4. The summed E-state index contributed by atoms with van der Waals surface area (Å²) in [4.78, 5) is 11.3. The summed E-state index contributed by atoms with van der Waals surface area (Å²) in [6.45, 7) is 1.76. The largest absolute Gasteiger partial charge is 0.761 e. The first-order valence-corrected chi connectivity index (χ1v) is 4.70. The highest BCUT2D eigenvalue weighted by atomic mass is 19.1. The molecule has 0 spiro atoms. The monoisotopic (exact) mass is 227 g/mol. The van der Waals surface area contributed by atoms with Crippen molar-refractivity contribution < 1.29 is 13.9 Å². The number of nitrogens with one attached hydrogen (secondary N) is 2. The second-order valence-electron chi connectivity index (χ2n) is 2.95. The molecule has 0 radical (unpaired) electrons. The second kappa shape index (κ2) is 5.32. The number of esters is 1. The van der Waals surface area contributed by atoms with Crippen LogP contribution in [0.4, 0.5) is 15.8 Å². The molecule has 0 unspecified atom stereocenters. The van der Waals surface area contributed by atoms with Crippen LogP contribution in [0.5, 0.6) is 0 Å². The summed E-state index contributed by atoms with van der Waals surface area (Å²) in [5.74, 6) is -1.53. The van der Waals surface area contributed by atoms with Gasteiger partial charge in [0, 0.05) is 12.7 Å². The molecule has 1 rings (SSSR count). The number of anilines is 2. The van der Waals surface area contributed by atoms with Gasteiger partial charge in [-0.15, -0.1) is 0 Å². The van der Waals surface area contributed by atoms with E-state index in [1.54, 1.807) is 19.5 Å². The van der Waals surface area contributed by atoms with Crippen molar-refractivity contribution in [3.8, 4) is 0 Å². The van der Waals surface area contributed by atoms with E-state index in [1.165, 1.54) is 0 Å². The topological polar surface area (TPSA) is 73.4 Å². The summed E-state index contributed by atoms with van der Waals surface area (Å²) in [6.07, 6.45) is 0. The minimum Gasteiger partial charge on any atom is -0.761 e. The molecule has 5 nitrogen and oxygen atoms in total. The lowest BCUT2D eigenvalue weighted by Crippen LogP contribution is -2.09. The molecule has 2 N–H and O–H groups in total. The highest BCUT2D eigenvalue weighted by molar-refractivity contribution is 5.92. The number of halogens is 1. The Hall–Kier alpha value is -1.82. The van der Waals surface area contributed by atoms with Gasteiger partial charge in [-0.05, 0) is 19.1 Å². The van der Waals surface area contributed by atoms with Crippen molar-refractivity contribution in [3.63, 3.8) is 0 Å². The number of carbonyl (C=O) groups excluding carboxylic acids is 1. The van der Waals surface area contributed by atoms with E-state index in [0.29, 0.717) is 0 Å². The minimum atomic E-state index is -0.792. The summed E-state index contributed by atoms with van der Waals surface area (Å²) in [7, 11) is 1.54. The smallest absolute Gasteiger partial charge is 0.341 e. The zero-order valence-corrected chi connectivity index (χ0v) is 8.96. The summed E-state index contributed by atoms with van der Waals surface area (Å²) < 4.78 is 18.1. The zero-order valence-electron chi connectivity index (χ0n) is 8.96. The van der Waals surface area contributed by atoms with Crippen molar-refractivity contribution in [2.75, 3.05) is 24.5 Å². The second-order valence-corrected chi connectivity index (χ2v) is 2.95. The van der Waals surface area contributed by atoms with Gasteiger partial charge in [-0.3, -0.25) is 0 Å². The molecule has 6 heteroatoms. The van der Waals surface area contributed by atoms with Crippen LogP contribution in [0.3, 0.4) is 0 Å². The van der Waals surface area contributed by atoms with E-state index in [0.717, 1.165) is 12.1 Å². The van der Waals surface area contributed by atoms with Crippen molar-refractivity contribution in [1.29, 1.82) is 0 Å². The lowest BCUT2D eigenvalue weighted by molar-refractivity contribution is 0.0521. The third-order valence-electron chi connectivity index (χ3n) is 1.98. The van der Waals surface area contributed by atoms with Crippen LogP contribution in [0.1, 0.15) is 17.3 Å². The quantitative estimate of drug-likeness (QED) is 0.607. The van der Waals surface area contributed by atoms with Gasteiger partial charge in [-0.25, -0.2) is 9.18 Å². The molecular formula is C10H12FN2O3-. The highest BCUT2D eigenvalue weighted by Crippen LogP contribution is 2.25. The molecule has 0 atom stereocenters. The first kappa shape index (κ1) is 12.3. The van der Waals surface area contributed by atoms with Crippen molar-refractivity contribution in [3.05, 3.63) is 28.7 Å². The molecular weight excluding hydrogens is 215 g/mol. The average molecular weight is 227 g/mol. The van der Waals surface area contributed by atoms with E-state index in [9.17, 15) is 14.4 Å². The molecule has 16 heavy (non-hydrogen) atoms. The zero-order chi connectivity index (χ0) is 12.1. The molecule has 1 aromatic carbocycles. The van der Waals surface area contributed by atoms with Gasteiger partial charge in [0.25, 0.3) is 0 Å². The molecule has 0 aliphatic heterocycles. The lowest BCUT2D eigenvalue weighted by atomic mass is 10.1. The fourth-order valence-electron chi connectivity index (χ4n) is 1.23. The number of benzene rings is 1. The fourth-order valence-corrected chi connectivity index (χ4v) is 1.23. The van der Waals surface area contributed by atoms with E-state index in [-0.39, 0.29) is 23.5 Å². The van der Waals surface area contributed by atoms with Crippen molar-refractivity contribution >= 4 is 17.3 Å². The molecule has 0 bridgehead atoms. The molecule has 0 aliphatic carbocycles. The van der Waals surface area contributed by atoms with E-state index in [1.807, 2.05) is 0 Å². The molecule has 0 fully saturated rings. The average Bonchev–Trinajstić information content (AvgIpc) is 2.28. The maximum absolute atomic E-state index is 13.5. The first-order valence-electron chi connectivity index (χ1n) is 4.70. The van der Waals surface area contributed by atoms with E-state index in [4.69, 9.17) is 0 Å². The number of hydrogen-bond donors (Lipinski definition) is 2. The molecule has 88 valence electrons. The highest BCUT2D eigenvalue weighted by Gasteiger charge is 2.15. The van der Waals surface area contributed by atoms with Crippen LogP contribution in [0.15, 0.2) is 12.1 Å². The molecule has 1 aromatic rings. The van der Waals surface area contributed by atoms with Gasteiger partial charge in [0.15, 0.2) is 0 Å². The van der Waals surface area contributed by atoms with Gasteiger partial charge < -0.3 is 20.7 Å². The summed E-state index contributed by atoms with van der Waals surface area (Å²) in [5, 5.41) is 13.2. The number of carbonyl (C=O) groups is 1. The van der Waals surface area contributed by atoms with Crippen LogP contribution >= 0.6 is 0 Å². The van der Waals surface area contributed by atoms with Gasteiger partial charge in [0.1, 0.15) is 5.82 Å². The minimum absolute atomic E-state index is 0.0898. The molecule has 0 amide bonds. The van der Waals surface area contributed by atoms with Crippen molar-refractivity contribution in [2.24, 2.45) is 0 Å². The summed E-state index contributed by atoms with van der Waals surface area (Å²) in [5.41, 5.74) is 1.73. The number of hydrogen-bond acceptors (Lipinski definition) is 5. The third kappa shape index (κ3) is 2.40. The Bertz CT molecular complexity index is 396. The SMILES string of the molecule is CCOC(=O)c1cc(N[O-])c(NC)cc1F. The Morgan fingerprint density at radius 2 is 2.19 bits per heavy atom. The fraction of sp³-hybridized carbons (Fsp3) is 0.300. The molecule has 0 saturated heterocycles. The molecule has 0 aromatic heterocycles. The Morgan fingerprint density at radius 1 is 1.50 bits per heavy atom. The number of ether oxygens (including phenoxy) is 1. The van der Waals surface area contributed by atoms with E-state index in [2.05, 4.69) is 10.1 Å². The van der Waals surface area contributed by atoms with Crippen molar-refractivity contribution in [2.45, 2.75) is 6.92 Å². The van der Waals surface area contributed by atoms with Gasteiger partial charge in [-0.1, -0.05) is 0 Å². The van der Waals surface area contributed by atoms with Crippen LogP contribution in [0, 0.1) is 11.0 Å². The maximum atomic E-state index is 13.5. The lowest BCUT2D eigenvalue weighted by Gasteiger charge is -2.16. The van der Waals surface area contributed by atoms with Crippen LogP contribution in [-0.2, 0) is 4.74 Å². The van der Waals surface area contributed by atoms with E-state index < -0.39 is 11.8 Å². The molecule has 0 aliphatic rings. The Labute approximate surface area is 92.2 Å². The van der Waals surface area contributed by atoms with Crippen LogP contribution < -0.4 is 10.8 Å². The van der Waals surface area contributed by atoms with Crippen LogP contribution in [0.25, 0.3) is 0 Å². The van der Waals surface area contributed by atoms with Gasteiger partial charge in [-0.2, -0.15) is 0 Å². The van der Waals surface area contributed by atoms with E-state index >= 15 is 0 Å². The summed E-state index contributed by atoms with van der Waals surface area (Å²) in [6, 6.07) is 2.18. The Balaban J connectivity index is 3.15. The first-order chi connectivity index (χ1) is 7.63.